The van der Waals surface area contributed by atoms with Crippen LogP contribution < -0.4 is 26.6 Å². The smallest absolute Gasteiger partial charge is 0.349 e. The fourth-order valence-corrected chi connectivity index (χ4v) is 4.92. The Morgan fingerprint density at radius 3 is 2.55 bits per heavy atom. The van der Waals surface area contributed by atoms with Crippen LogP contribution in [0, 0.1) is 10.1 Å². The summed E-state index contributed by atoms with van der Waals surface area (Å²) in [7, 11) is 0. The minimum atomic E-state index is -1.30. The Kier molecular flexibility index (Phi) is 7.05. The molecule has 2 aliphatic carbocycles. The van der Waals surface area contributed by atoms with E-state index < -0.39 is 40.7 Å². The van der Waals surface area contributed by atoms with E-state index in [1.807, 2.05) is 6.08 Å². The molecule has 0 saturated carbocycles. The molecule has 2 heterocycles. The SMILES string of the molecule is O=C(O)COn1c2c([nH]c(=O)c1=O)CCC1=C2C=C(C(NC(=O)Nc2ccc([N+](=O)[O-])cc2)c2cc[nH]c2)CC1. The lowest BCUT2D eigenvalue weighted by Crippen LogP contribution is -2.44. The number of hydrogen-bond acceptors (Lipinski definition) is 7. The van der Waals surface area contributed by atoms with Gasteiger partial charge < -0.3 is 30.5 Å². The number of rotatable bonds is 8. The van der Waals surface area contributed by atoms with Crippen LogP contribution in [0.4, 0.5) is 16.2 Å². The summed E-state index contributed by atoms with van der Waals surface area (Å²) in [6.45, 7) is -0.814. The van der Waals surface area contributed by atoms with Gasteiger partial charge in [-0.05, 0) is 55.0 Å². The van der Waals surface area contributed by atoms with Crippen LogP contribution in [0.2, 0.25) is 0 Å². The first kappa shape index (κ1) is 26.2. The molecule has 1 unspecified atom stereocenters. The Hall–Kier alpha value is -5.40. The number of anilines is 1. The molecule has 14 heteroatoms. The fourth-order valence-electron chi connectivity index (χ4n) is 4.92. The Morgan fingerprint density at radius 1 is 1.12 bits per heavy atom. The van der Waals surface area contributed by atoms with Gasteiger partial charge in [0, 0.05) is 41.5 Å². The number of nitro groups is 1. The molecule has 2 aromatic heterocycles. The summed E-state index contributed by atoms with van der Waals surface area (Å²) in [6, 6.07) is 6.09. The zero-order valence-electron chi connectivity index (χ0n) is 20.9. The lowest BCUT2D eigenvalue weighted by molar-refractivity contribution is -0.384. The molecule has 0 aliphatic heterocycles. The topological polar surface area (TPSA) is 201 Å². The highest BCUT2D eigenvalue weighted by Gasteiger charge is 2.30. The zero-order valence-corrected chi connectivity index (χ0v) is 20.9. The van der Waals surface area contributed by atoms with Gasteiger partial charge >= 0.3 is 23.1 Å². The van der Waals surface area contributed by atoms with E-state index in [2.05, 4.69) is 20.6 Å². The first-order valence-corrected chi connectivity index (χ1v) is 12.3. The molecule has 2 amide bonds. The Labute approximate surface area is 225 Å². The maximum absolute atomic E-state index is 13.0. The highest BCUT2D eigenvalue weighted by atomic mass is 16.7. The van der Waals surface area contributed by atoms with Gasteiger partial charge in [0.1, 0.15) is 5.69 Å². The molecule has 40 heavy (non-hydrogen) atoms. The molecule has 2 aliphatic rings. The average molecular weight is 549 g/mol. The van der Waals surface area contributed by atoms with E-state index in [-0.39, 0.29) is 11.4 Å². The first-order valence-electron chi connectivity index (χ1n) is 12.3. The number of amides is 2. The Bertz CT molecular complexity index is 1660. The third-order valence-electron chi connectivity index (χ3n) is 6.74. The van der Waals surface area contributed by atoms with Crippen molar-refractivity contribution in [1.29, 1.82) is 0 Å². The Morgan fingerprint density at radius 2 is 1.88 bits per heavy atom. The Balaban J connectivity index is 1.48. The van der Waals surface area contributed by atoms with Crippen LogP contribution in [0.5, 0.6) is 0 Å². The van der Waals surface area contributed by atoms with Crippen molar-refractivity contribution >= 4 is 28.9 Å². The number of aromatic amines is 2. The number of fused-ring (bicyclic) bond motifs is 2. The number of carboxylic acid groups (broad SMARTS) is 1. The standard InChI is InChI=1S/C26H24N6O8/c33-21(34)13-40-31-23-19-11-15(2-1-14(19)3-8-20(23)29-24(35)25(31)36)22(16-9-10-27-12-16)30-26(37)28-17-4-6-18(7-5-17)32(38)39/h4-7,9-12,22,27H,1-3,8,13H2,(H,29,35)(H,33,34)(H2,28,30,37). The van der Waals surface area contributed by atoms with Crippen molar-refractivity contribution in [2.45, 2.75) is 31.7 Å². The van der Waals surface area contributed by atoms with Crippen molar-refractivity contribution < 1.29 is 24.5 Å². The molecule has 0 saturated heterocycles. The second-order valence-corrected chi connectivity index (χ2v) is 9.26. The quantitative estimate of drug-likeness (QED) is 0.160. The number of non-ortho nitro benzene ring substituents is 1. The number of urea groups is 1. The second-order valence-electron chi connectivity index (χ2n) is 9.26. The molecule has 5 rings (SSSR count). The molecule has 1 atom stereocenters. The van der Waals surface area contributed by atoms with E-state index in [0.29, 0.717) is 42.6 Å². The van der Waals surface area contributed by atoms with Crippen LogP contribution in [-0.4, -0.2) is 43.3 Å². The number of nitro benzene ring substituents is 1. The molecular weight excluding hydrogens is 524 g/mol. The molecular formula is C26H24N6O8. The number of carboxylic acids is 1. The number of benzene rings is 1. The minimum Gasteiger partial charge on any atom is -0.479 e. The van der Waals surface area contributed by atoms with Gasteiger partial charge in [0.25, 0.3) is 5.69 Å². The number of aryl methyl sites for hydroxylation is 1. The van der Waals surface area contributed by atoms with E-state index in [4.69, 9.17) is 9.94 Å². The molecule has 5 N–H and O–H groups in total. The lowest BCUT2D eigenvalue weighted by Gasteiger charge is -2.30. The first-order chi connectivity index (χ1) is 19.2. The maximum atomic E-state index is 13.0. The summed E-state index contributed by atoms with van der Waals surface area (Å²) in [4.78, 5) is 70.2. The van der Waals surface area contributed by atoms with Gasteiger partial charge in [0.05, 0.1) is 11.0 Å². The third kappa shape index (κ3) is 5.27. The van der Waals surface area contributed by atoms with Crippen LogP contribution in [0.25, 0.3) is 5.57 Å². The number of carbonyl (C=O) groups is 2. The molecule has 0 fully saturated rings. The lowest BCUT2D eigenvalue weighted by atomic mass is 9.80. The summed E-state index contributed by atoms with van der Waals surface area (Å²) in [5, 5.41) is 25.6. The number of carbonyl (C=O) groups excluding carboxylic acids is 1. The van der Waals surface area contributed by atoms with E-state index in [1.54, 1.807) is 18.5 Å². The predicted molar refractivity (Wildman–Crippen MR) is 142 cm³/mol. The van der Waals surface area contributed by atoms with Gasteiger partial charge in [-0.25, -0.2) is 9.59 Å². The van der Waals surface area contributed by atoms with Crippen LogP contribution >= 0.6 is 0 Å². The van der Waals surface area contributed by atoms with Crippen molar-refractivity contribution in [2.24, 2.45) is 0 Å². The van der Waals surface area contributed by atoms with Crippen LogP contribution in [0.15, 0.2) is 69.5 Å². The number of allylic oxidation sites excluding steroid dienone is 3. The van der Waals surface area contributed by atoms with E-state index in [9.17, 15) is 29.3 Å². The van der Waals surface area contributed by atoms with Gasteiger partial charge in [0.15, 0.2) is 0 Å². The molecule has 206 valence electrons. The summed E-state index contributed by atoms with van der Waals surface area (Å²) < 4.78 is 0.746. The summed E-state index contributed by atoms with van der Waals surface area (Å²) in [6.07, 6.45) is 7.55. The highest BCUT2D eigenvalue weighted by molar-refractivity contribution is 5.90. The summed E-state index contributed by atoms with van der Waals surface area (Å²) >= 11 is 0. The van der Waals surface area contributed by atoms with Gasteiger partial charge in [-0.3, -0.25) is 19.7 Å². The van der Waals surface area contributed by atoms with Gasteiger partial charge in [-0.1, -0.05) is 11.6 Å². The number of nitrogens with one attached hydrogen (secondary N) is 4. The van der Waals surface area contributed by atoms with Crippen LogP contribution in [0.1, 0.15) is 42.3 Å². The molecule has 14 nitrogen and oxygen atoms in total. The van der Waals surface area contributed by atoms with E-state index in [1.165, 1.54) is 24.3 Å². The number of aromatic nitrogens is 3. The maximum Gasteiger partial charge on any atom is 0.349 e. The molecule has 3 aromatic rings. The largest absolute Gasteiger partial charge is 0.479 e. The van der Waals surface area contributed by atoms with Crippen LogP contribution in [-0.2, 0) is 11.2 Å². The number of hydrogen-bond donors (Lipinski definition) is 5. The normalized spacial score (nSPS) is 14.8. The van der Waals surface area contributed by atoms with Crippen molar-refractivity contribution in [3.8, 4) is 0 Å². The number of aliphatic carboxylic acids is 1. The van der Waals surface area contributed by atoms with Gasteiger partial charge in [-0.15, -0.1) is 4.73 Å². The number of nitrogens with zero attached hydrogens (tertiary/aromatic N) is 2. The average Bonchev–Trinajstić information content (AvgIpc) is 3.46. The molecule has 0 radical (unpaired) electrons. The second kappa shape index (κ2) is 10.8. The molecule has 0 spiro atoms. The summed E-state index contributed by atoms with van der Waals surface area (Å²) in [5.41, 5.74) is 2.24. The molecule has 1 aromatic carbocycles. The van der Waals surface area contributed by atoms with Crippen molar-refractivity contribution in [2.75, 3.05) is 11.9 Å². The van der Waals surface area contributed by atoms with Crippen molar-refractivity contribution in [3.63, 3.8) is 0 Å². The summed E-state index contributed by atoms with van der Waals surface area (Å²) in [5.74, 6) is -1.30. The minimum absolute atomic E-state index is 0.104. The van der Waals surface area contributed by atoms with Gasteiger partial charge in [-0.2, -0.15) is 0 Å². The fraction of sp³-hybridized carbons (Fsp3) is 0.231. The van der Waals surface area contributed by atoms with Crippen molar-refractivity contribution in [3.05, 3.63) is 108 Å². The predicted octanol–water partition coefficient (Wildman–Crippen LogP) is 2.27. The zero-order chi connectivity index (χ0) is 28.4. The van der Waals surface area contributed by atoms with Gasteiger partial charge in [0.2, 0.25) is 6.61 Å². The molecule has 0 bridgehead atoms. The van der Waals surface area contributed by atoms with Crippen LogP contribution in [0.3, 0.4) is 0 Å². The third-order valence-corrected chi connectivity index (χ3v) is 6.74. The number of H-pyrrole nitrogens is 2. The van der Waals surface area contributed by atoms with E-state index in [0.717, 1.165) is 21.4 Å². The van der Waals surface area contributed by atoms with Crippen molar-refractivity contribution in [1.82, 2.24) is 20.0 Å². The van der Waals surface area contributed by atoms with E-state index >= 15 is 0 Å². The highest BCUT2D eigenvalue weighted by Crippen LogP contribution is 2.40. The monoisotopic (exact) mass is 548 g/mol.